The molecule has 0 saturated carbocycles. The molecule has 0 aromatic rings. The number of hydrogen-bond acceptors (Lipinski definition) is 3. The van der Waals surface area contributed by atoms with Crippen LogP contribution in [0.3, 0.4) is 0 Å². The Morgan fingerprint density at radius 3 is 2.63 bits per heavy atom. The lowest BCUT2D eigenvalue weighted by Crippen LogP contribution is -2.46. The average molecular weight is 288 g/mol. The van der Waals surface area contributed by atoms with E-state index >= 15 is 0 Å². The van der Waals surface area contributed by atoms with Gasteiger partial charge >= 0.3 is 0 Å². The molecule has 19 heavy (non-hydrogen) atoms. The molecule has 4 nitrogen and oxygen atoms in total. The van der Waals surface area contributed by atoms with Gasteiger partial charge in [0.1, 0.15) is 0 Å². The van der Waals surface area contributed by atoms with Crippen molar-refractivity contribution in [2.45, 2.75) is 64.5 Å². The third kappa shape index (κ3) is 4.17. The smallest absolute Gasteiger partial charge is 0.214 e. The molecular formula is C14H28N2O2S. The van der Waals surface area contributed by atoms with Gasteiger partial charge in [-0.2, -0.15) is 4.31 Å². The fourth-order valence-electron chi connectivity index (χ4n) is 3.21. The van der Waals surface area contributed by atoms with E-state index in [-0.39, 0.29) is 6.04 Å². The molecule has 112 valence electrons. The molecule has 2 fully saturated rings. The molecule has 0 radical (unpaired) electrons. The summed E-state index contributed by atoms with van der Waals surface area (Å²) in [4.78, 5) is 0. The van der Waals surface area contributed by atoms with Crippen LogP contribution in [0.15, 0.2) is 0 Å². The summed E-state index contributed by atoms with van der Waals surface area (Å²) in [5, 5.41) is 3.43. The van der Waals surface area contributed by atoms with Gasteiger partial charge in [0.15, 0.2) is 0 Å². The van der Waals surface area contributed by atoms with E-state index in [2.05, 4.69) is 12.2 Å². The van der Waals surface area contributed by atoms with Gasteiger partial charge in [-0.3, -0.25) is 0 Å². The van der Waals surface area contributed by atoms with Crippen LogP contribution < -0.4 is 5.32 Å². The predicted octanol–water partition coefficient (Wildman–Crippen LogP) is 1.97. The molecule has 0 aromatic carbocycles. The minimum Gasteiger partial charge on any atom is -0.314 e. The van der Waals surface area contributed by atoms with Crippen LogP contribution in [0, 0.1) is 5.92 Å². The largest absolute Gasteiger partial charge is 0.314 e. The summed E-state index contributed by atoms with van der Waals surface area (Å²) >= 11 is 0. The topological polar surface area (TPSA) is 49.4 Å². The molecule has 3 atom stereocenters. The Hall–Kier alpha value is -0.130. The molecule has 0 bridgehead atoms. The molecule has 2 saturated heterocycles. The second-order valence-electron chi connectivity index (χ2n) is 6.35. The van der Waals surface area contributed by atoms with Crippen molar-refractivity contribution in [3.05, 3.63) is 0 Å². The SMILES string of the molecule is CC1CCC(C)N(S(=O)(=O)CCC2CCCCN2)C1. The van der Waals surface area contributed by atoms with Crippen molar-refractivity contribution in [2.75, 3.05) is 18.8 Å². The molecule has 0 spiro atoms. The van der Waals surface area contributed by atoms with Gasteiger partial charge in [0.25, 0.3) is 0 Å². The number of piperidine rings is 2. The van der Waals surface area contributed by atoms with Crippen LogP contribution >= 0.6 is 0 Å². The lowest BCUT2D eigenvalue weighted by atomic mass is 9.97. The summed E-state index contributed by atoms with van der Waals surface area (Å²) in [6.45, 7) is 5.95. The second-order valence-corrected chi connectivity index (χ2v) is 8.39. The first-order chi connectivity index (χ1) is 8.99. The van der Waals surface area contributed by atoms with Crippen LogP contribution in [-0.4, -0.2) is 43.6 Å². The highest BCUT2D eigenvalue weighted by Gasteiger charge is 2.32. The summed E-state index contributed by atoms with van der Waals surface area (Å²) in [6.07, 6.45) is 6.50. The quantitative estimate of drug-likeness (QED) is 0.860. The maximum atomic E-state index is 12.5. The van der Waals surface area contributed by atoms with Gasteiger partial charge in [0.2, 0.25) is 10.0 Å². The van der Waals surface area contributed by atoms with Gasteiger partial charge in [0, 0.05) is 18.6 Å². The van der Waals surface area contributed by atoms with Gasteiger partial charge in [-0.05, 0) is 51.5 Å². The van der Waals surface area contributed by atoms with E-state index in [1.165, 1.54) is 12.8 Å². The summed E-state index contributed by atoms with van der Waals surface area (Å²) in [5.41, 5.74) is 0. The summed E-state index contributed by atoms with van der Waals surface area (Å²) in [7, 11) is -3.07. The Bertz CT molecular complexity index is 377. The molecule has 0 aromatic heterocycles. The maximum absolute atomic E-state index is 12.5. The van der Waals surface area contributed by atoms with Crippen LogP contribution in [0.2, 0.25) is 0 Å². The van der Waals surface area contributed by atoms with E-state index in [0.717, 1.165) is 32.2 Å². The molecule has 5 heteroatoms. The summed E-state index contributed by atoms with van der Waals surface area (Å²) < 4.78 is 26.7. The first-order valence-corrected chi connectivity index (χ1v) is 9.33. The van der Waals surface area contributed by atoms with Crippen LogP contribution in [0.4, 0.5) is 0 Å². The number of nitrogens with zero attached hydrogens (tertiary/aromatic N) is 1. The van der Waals surface area contributed by atoms with Crippen molar-refractivity contribution >= 4 is 10.0 Å². The molecule has 2 aliphatic rings. The highest BCUT2D eigenvalue weighted by atomic mass is 32.2. The van der Waals surface area contributed by atoms with Gasteiger partial charge in [-0.15, -0.1) is 0 Å². The average Bonchev–Trinajstić information content (AvgIpc) is 2.40. The fraction of sp³-hybridized carbons (Fsp3) is 1.00. The normalized spacial score (nSPS) is 34.3. The van der Waals surface area contributed by atoms with Crippen LogP contribution in [0.25, 0.3) is 0 Å². The third-order valence-corrected chi connectivity index (χ3v) is 6.53. The Morgan fingerprint density at radius 1 is 1.16 bits per heavy atom. The highest BCUT2D eigenvalue weighted by molar-refractivity contribution is 7.89. The zero-order valence-corrected chi connectivity index (χ0v) is 13.1. The second kappa shape index (κ2) is 6.55. The molecule has 0 aliphatic carbocycles. The number of hydrogen-bond donors (Lipinski definition) is 1. The van der Waals surface area contributed by atoms with Crippen molar-refractivity contribution < 1.29 is 8.42 Å². The molecule has 2 rings (SSSR count). The van der Waals surface area contributed by atoms with E-state index in [1.54, 1.807) is 4.31 Å². The molecule has 1 N–H and O–H groups in total. The van der Waals surface area contributed by atoms with E-state index in [0.29, 0.717) is 24.3 Å². The van der Waals surface area contributed by atoms with Crippen molar-refractivity contribution in [1.29, 1.82) is 0 Å². The molecule has 0 amide bonds. The van der Waals surface area contributed by atoms with Crippen molar-refractivity contribution in [3.63, 3.8) is 0 Å². The molecular weight excluding hydrogens is 260 g/mol. The standard InChI is InChI=1S/C14H28N2O2S/c1-12-6-7-13(2)16(11-12)19(17,18)10-8-14-5-3-4-9-15-14/h12-15H,3-11H2,1-2H3. The summed E-state index contributed by atoms with van der Waals surface area (Å²) in [6, 6.07) is 0.585. The number of rotatable bonds is 4. The monoisotopic (exact) mass is 288 g/mol. The Balaban J connectivity index is 1.89. The van der Waals surface area contributed by atoms with Gasteiger partial charge < -0.3 is 5.32 Å². The van der Waals surface area contributed by atoms with E-state index in [9.17, 15) is 8.42 Å². The Kier molecular flexibility index (Phi) is 5.26. The zero-order valence-electron chi connectivity index (χ0n) is 12.3. The lowest BCUT2D eigenvalue weighted by molar-refractivity contribution is 0.217. The zero-order chi connectivity index (χ0) is 13.9. The summed E-state index contributed by atoms with van der Waals surface area (Å²) in [5.74, 6) is 0.806. The van der Waals surface area contributed by atoms with Crippen molar-refractivity contribution in [1.82, 2.24) is 9.62 Å². The lowest BCUT2D eigenvalue weighted by Gasteiger charge is -2.36. The molecule has 2 aliphatic heterocycles. The van der Waals surface area contributed by atoms with Gasteiger partial charge in [0.05, 0.1) is 5.75 Å². The Morgan fingerprint density at radius 2 is 1.95 bits per heavy atom. The number of sulfonamides is 1. The third-order valence-electron chi connectivity index (χ3n) is 4.55. The minimum absolute atomic E-state index is 0.181. The molecule has 2 heterocycles. The van der Waals surface area contributed by atoms with Crippen LogP contribution in [0.5, 0.6) is 0 Å². The van der Waals surface area contributed by atoms with Crippen LogP contribution in [0.1, 0.15) is 52.4 Å². The van der Waals surface area contributed by atoms with Crippen molar-refractivity contribution in [3.8, 4) is 0 Å². The first kappa shape index (κ1) is 15.3. The highest BCUT2D eigenvalue weighted by Crippen LogP contribution is 2.25. The number of nitrogens with one attached hydrogen (secondary N) is 1. The van der Waals surface area contributed by atoms with Crippen LogP contribution in [-0.2, 0) is 10.0 Å². The van der Waals surface area contributed by atoms with E-state index < -0.39 is 10.0 Å². The Labute approximate surface area is 118 Å². The minimum atomic E-state index is -3.07. The maximum Gasteiger partial charge on any atom is 0.214 e. The van der Waals surface area contributed by atoms with E-state index in [1.807, 2.05) is 6.92 Å². The fourth-order valence-corrected chi connectivity index (χ4v) is 5.17. The van der Waals surface area contributed by atoms with Gasteiger partial charge in [-0.1, -0.05) is 13.3 Å². The van der Waals surface area contributed by atoms with E-state index in [4.69, 9.17) is 0 Å². The first-order valence-electron chi connectivity index (χ1n) is 7.72. The van der Waals surface area contributed by atoms with Crippen molar-refractivity contribution in [2.24, 2.45) is 5.92 Å². The van der Waals surface area contributed by atoms with Gasteiger partial charge in [-0.25, -0.2) is 8.42 Å². The molecule has 3 unspecified atom stereocenters. The predicted molar refractivity (Wildman–Crippen MR) is 78.6 cm³/mol.